The van der Waals surface area contributed by atoms with Crippen LogP contribution in [0.1, 0.15) is 30.4 Å². The van der Waals surface area contributed by atoms with Crippen molar-refractivity contribution >= 4 is 28.2 Å². The Bertz CT molecular complexity index is 416. The second kappa shape index (κ2) is 6.04. The van der Waals surface area contributed by atoms with Gasteiger partial charge in [0.25, 0.3) is 5.91 Å². The molecule has 0 fully saturated rings. The number of amides is 1. The fourth-order valence-electron chi connectivity index (χ4n) is 1.58. The average Bonchev–Trinajstić information content (AvgIpc) is 2.68. The van der Waals surface area contributed by atoms with Crippen LogP contribution in [0.25, 0.3) is 0 Å². The third-order valence-electron chi connectivity index (χ3n) is 2.62. The maximum absolute atomic E-state index is 12.2. The topological polar surface area (TPSA) is 62.5 Å². The zero-order valence-corrected chi connectivity index (χ0v) is 12.5. The van der Waals surface area contributed by atoms with E-state index < -0.39 is 0 Å². The molecule has 0 aliphatic carbocycles. The van der Waals surface area contributed by atoms with Gasteiger partial charge in [-0.05, 0) is 12.8 Å². The van der Waals surface area contributed by atoms with Crippen LogP contribution in [0.15, 0.2) is 0 Å². The Morgan fingerprint density at radius 1 is 1.44 bits per heavy atom. The molecule has 0 saturated carbocycles. The first kappa shape index (κ1) is 14.8. The van der Waals surface area contributed by atoms with Crippen LogP contribution in [0.4, 0.5) is 10.9 Å². The molecule has 0 bridgehead atoms. The summed E-state index contributed by atoms with van der Waals surface area (Å²) in [5, 5.41) is 0.788. The highest BCUT2D eigenvalue weighted by Crippen LogP contribution is 2.28. The van der Waals surface area contributed by atoms with Gasteiger partial charge in [0.2, 0.25) is 0 Å². The van der Waals surface area contributed by atoms with Gasteiger partial charge in [-0.3, -0.25) is 4.79 Å². The number of anilines is 2. The molecule has 0 aromatic carbocycles. The molecule has 0 aliphatic heterocycles. The second-order valence-corrected chi connectivity index (χ2v) is 5.78. The molecule has 1 aromatic rings. The highest BCUT2D eigenvalue weighted by atomic mass is 32.1. The first-order valence-corrected chi connectivity index (χ1v) is 6.91. The second-order valence-electron chi connectivity index (χ2n) is 4.80. The third-order valence-corrected chi connectivity index (χ3v) is 3.80. The van der Waals surface area contributed by atoms with Crippen LogP contribution in [0.2, 0.25) is 0 Å². The molecule has 5 nitrogen and oxygen atoms in total. The minimum absolute atomic E-state index is 0.0468. The average molecular weight is 270 g/mol. The van der Waals surface area contributed by atoms with Crippen LogP contribution in [-0.2, 0) is 0 Å². The van der Waals surface area contributed by atoms with Crippen LogP contribution < -0.4 is 10.6 Å². The molecule has 1 heterocycles. The Hall–Kier alpha value is -1.30. The number of carbonyl (C=O) groups is 1. The number of nitrogens with two attached hydrogens (primary N) is 1. The highest BCUT2D eigenvalue weighted by molar-refractivity contribution is 7.18. The summed E-state index contributed by atoms with van der Waals surface area (Å²) in [6.07, 6.45) is 0. The van der Waals surface area contributed by atoms with Crippen LogP contribution in [0, 0.1) is 5.92 Å². The lowest BCUT2D eigenvalue weighted by molar-refractivity contribution is 0.0784. The van der Waals surface area contributed by atoms with E-state index in [9.17, 15) is 4.79 Å². The Morgan fingerprint density at radius 3 is 2.56 bits per heavy atom. The molecular formula is C12H22N4OS. The normalized spacial score (nSPS) is 10.8. The van der Waals surface area contributed by atoms with Crippen molar-refractivity contribution < 1.29 is 4.79 Å². The smallest absolute Gasteiger partial charge is 0.267 e. The molecular weight excluding hydrogens is 248 g/mol. The lowest BCUT2D eigenvalue weighted by atomic mass is 10.2. The van der Waals surface area contributed by atoms with Crippen molar-refractivity contribution in [3.63, 3.8) is 0 Å². The number of carbonyl (C=O) groups excluding carboxylic acids is 1. The predicted molar refractivity (Wildman–Crippen MR) is 77.3 cm³/mol. The Kier molecular flexibility index (Phi) is 4.95. The van der Waals surface area contributed by atoms with Crippen LogP contribution in [-0.4, -0.2) is 43.0 Å². The van der Waals surface area contributed by atoms with Crippen molar-refractivity contribution in [3.8, 4) is 0 Å². The molecule has 1 aromatic heterocycles. The molecule has 18 heavy (non-hydrogen) atoms. The molecule has 2 N–H and O–H groups in total. The molecule has 0 aliphatic rings. The van der Waals surface area contributed by atoms with Gasteiger partial charge >= 0.3 is 0 Å². The van der Waals surface area contributed by atoms with E-state index in [1.165, 1.54) is 11.3 Å². The van der Waals surface area contributed by atoms with E-state index in [1.807, 2.05) is 18.9 Å². The van der Waals surface area contributed by atoms with Gasteiger partial charge in [-0.2, -0.15) is 0 Å². The summed E-state index contributed by atoms with van der Waals surface area (Å²) in [6.45, 7) is 7.74. The van der Waals surface area contributed by atoms with Gasteiger partial charge in [0.15, 0.2) is 5.13 Å². The minimum atomic E-state index is -0.0468. The largest absolute Gasteiger partial charge is 0.382 e. The third kappa shape index (κ3) is 3.35. The first-order valence-electron chi connectivity index (χ1n) is 6.09. The maximum Gasteiger partial charge on any atom is 0.267 e. The van der Waals surface area contributed by atoms with Crippen LogP contribution in [0.3, 0.4) is 0 Å². The number of hydrogen-bond acceptors (Lipinski definition) is 5. The van der Waals surface area contributed by atoms with Gasteiger partial charge in [-0.25, -0.2) is 4.98 Å². The fourth-order valence-corrected chi connectivity index (χ4v) is 2.58. The minimum Gasteiger partial charge on any atom is -0.382 e. The number of thiazole rings is 1. The number of rotatable bonds is 5. The molecule has 102 valence electrons. The van der Waals surface area contributed by atoms with E-state index >= 15 is 0 Å². The van der Waals surface area contributed by atoms with Crippen molar-refractivity contribution in [2.75, 3.05) is 37.8 Å². The molecule has 0 saturated heterocycles. The number of hydrogen-bond donors (Lipinski definition) is 1. The van der Waals surface area contributed by atoms with Gasteiger partial charge in [-0.15, -0.1) is 0 Å². The summed E-state index contributed by atoms with van der Waals surface area (Å²) in [7, 11) is 3.73. The van der Waals surface area contributed by atoms with Gasteiger partial charge in [0.1, 0.15) is 10.7 Å². The number of nitrogens with zero attached hydrogens (tertiary/aromatic N) is 3. The van der Waals surface area contributed by atoms with E-state index in [2.05, 4.69) is 18.8 Å². The van der Waals surface area contributed by atoms with Crippen LogP contribution in [0.5, 0.6) is 0 Å². The van der Waals surface area contributed by atoms with Crippen molar-refractivity contribution in [1.82, 2.24) is 9.88 Å². The molecule has 1 amide bonds. The summed E-state index contributed by atoms with van der Waals surface area (Å²) in [5.74, 6) is 0.719. The molecule has 1 rings (SSSR count). The zero-order valence-electron chi connectivity index (χ0n) is 11.7. The van der Waals surface area contributed by atoms with Crippen molar-refractivity contribution in [1.29, 1.82) is 0 Å². The highest BCUT2D eigenvalue weighted by Gasteiger charge is 2.21. The fraction of sp³-hybridized carbons (Fsp3) is 0.667. The summed E-state index contributed by atoms with van der Waals surface area (Å²) in [6, 6.07) is 0. The van der Waals surface area contributed by atoms with Gasteiger partial charge in [0, 0.05) is 27.2 Å². The number of aromatic nitrogens is 1. The molecule has 0 atom stereocenters. The summed E-state index contributed by atoms with van der Waals surface area (Å²) < 4.78 is 0. The molecule has 6 heteroatoms. The monoisotopic (exact) mass is 270 g/mol. The Balaban J connectivity index is 2.89. The van der Waals surface area contributed by atoms with E-state index in [4.69, 9.17) is 5.73 Å². The predicted octanol–water partition coefficient (Wildman–Crippen LogP) is 1.91. The van der Waals surface area contributed by atoms with E-state index in [1.54, 1.807) is 11.9 Å². The summed E-state index contributed by atoms with van der Waals surface area (Å²) in [4.78, 5) is 20.7. The van der Waals surface area contributed by atoms with Crippen molar-refractivity contribution in [3.05, 3.63) is 4.88 Å². The SMILES string of the molecule is CCN(C)c1nc(N)c(C(=O)N(C)CC(C)C)s1. The zero-order chi connectivity index (χ0) is 13.9. The lowest BCUT2D eigenvalue weighted by Crippen LogP contribution is -2.30. The summed E-state index contributed by atoms with van der Waals surface area (Å²) >= 11 is 1.35. The van der Waals surface area contributed by atoms with Gasteiger partial charge in [-0.1, -0.05) is 25.2 Å². The van der Waals surface area contributed by atoms with Crippen LogP contribution >= 0.6 is 11.3 Å². The van der Waals surface area contributed by atoms with E-state index in [0.717, 1.165) is 18.2 Å². The van der Waals surface area contributed by atoms with Crippen molar-refractivity contribution in [2.24, 2.45) is 5.92 Å². The Labute approximate surface area is 113 Å². The van der Waals surface area contributed by atoms with Gasteiger partial charge in [0.05, 0.1) is 0 Å². The molecule has 0 unspecified atom stereocenters. The number of nitrogen functional groups attached to an aromatic ring is 1. The molecule has 0 radical (unpaired) electrons. The maximum atomic E-state index is 12.2. The van der Waals surface area contributed by atoms with Crippen molar-refractivity contribution in [2.45, 2.75) is 20.8 Å². The first-order chi connectivity index (χ1) is 8.36. The lowest BCUT2D eigenvalue weighted by Gasteiger charge is -2.18. The van der Waals surface area contributed by atoms with Gasteiger partial charge < -0.3 is 15.5 Å². The summed E-state index contributed by atoms with van der Waals surface area (Å²) in [5.41, 5.74) is 5.83. The van der Waals surface area contributed by atoms with E-state index in [-0.39, 0.29) is 5.91 Å². The van der Waals surface area contributed by atoms with E-state index in [0.29, 0.717) is 16.6 Å². The standard InChI is InChI=1S/C12H22N4OS/c1-6-15(4)12-14-10(13)9(18-12)11(17)16(5)7-8(2)3/h8H,6-7,13H2,1-5H3. The Morgan fingerprint density at radius 2 is 2.06 bits per heavy atom. The molecule has 0 spiro atoms. The quantitative estimate of drug-likeness (QED) is 0.887.